The Hall–Kier alpha value is -2.37. The number of hydrogen-bond donors (Lipinski definition) is 1. The summed E-state index contributed by atoms with van der Waals surface area (Å²) in [5.74, 6) is 0.158. The van der Waals surface area contributed by atoms with E-state index in [0.717, 1.165) is 37.0 Å². The lowest BCUT2D eigenvalue weighted by Gasteiger charge is -2.13. The number of nitro groups is 1. The number of rotatable bonds is 3. The molecule has 0 atom stereocenters. The van der Waals surface area contributed by atoms with Gasteiger partial charge in [-0.25, -0.2) is 0 Å². The summed E-state index contributed by atoms with van der Waals surface area (Å²) in [5, 5.41) is 22.5. The molecule has 1 aliphatic heterocycles. The van der Waals surface area contributed by atoms with Gasteiger partial charge in [-0.15, -0.1) is 0 Å². The molecule has 2 aromatic rings. The number of fused-ring (bicyclic) bond motifs is 1. The van der Waals surface area contributed by atoms with Crippen LogP contribution in [-0.4, -0.2) is 26.9 Å². The van der Waals surface area contributed by atoms with Crippen molar-refractivity contribution < 1.29 is 10.0 Å². The highest BCUT2D eigenvalue weighted by atomic mass is 16.6. The molecule has 1 N–H and O–H groups in total. The molecule has 1 aromatic heterocycles. The Balaban J connectivity index is 2.32. The minimum atomic E-state index is -0.407. The van der Waals surface area contributed by atoms with Crippen molar-refractivity contribution in [1.82, 2.24) is 4.57 Å². The average molecular weight is 301 g/mol. The number of nitro benzene ring substituents is 1. The lowest BCUT2D eigenvalue weighted by molar-refractivity contribution is -0.384. The first-order valence-electron chi connectivity index (χ1n) is 7.55. The van der Waals surface area contributed by atoms with Crippen LogP contribution in [0.1, 0.15) is 44.7 Å². The van der Waals surface area contributed by atoms with Crippen LogP contribution in [0.15, 0.2) is 23.2 Å². The number of nitrogens with zero attached hydrogens (tertiary/aromatic N) is 3. The van der Waals surface area contributed by atoms with Crippen molar-refractivity contribution in [2.45, 2.75) is 39.2 Å². The topological polar surface area (TPSA) is 80.7 Å². The summed E-state index contributed by atoms with van der Waals surface area (Å²) in [6.07, 6.45) is 2.88. The van der Waals surface area contributed by atoms with E-state index in [1.807, 2.05) is 18.4 Å². The van der Waals surface area contributed by atoms with Gasteiger partial charge in [-0.2, -0.15) is 0 Å². The van der Waals surface area contributed by atoms with E-state index in [4.69, 9.17) is 0 Å². The molecule has 1 aromatic carbocycles. The van der Waals surface area contributed by atoms with Gasteiger partial charge in [0.25, 0.3) is 5.69 Å². The zero-order valence-corrected chi connectivity index (χ0v) is 12.7. The monoisotopic (exact) mass is 301 g/mol. The first-order chi connectivity index (χ1) is 10.5. The van der Waals surface area contributed by atoms with Crippen LogP contribution in [0.2, 0.25) is 0 Å². The third-order valence-electron chi connectivity index (χ3n) is 4.10. The molecular formula is C16H19N3O3. The zero-order valence-electron chi connectivity index (χ0n) is 12.7. The second-order valence-electron chi connectivity index (χ2n) is 5.91. The van der Waals surface area contributed by atoms with Crippen molar-refractivity contribution in [3.8, 4) is 5.88 Å². The van der Waals surface area contributed by atoms with E-state index in [1.165, 1.54) is 6.07 Å². The molecule has 0 saturated heterocycles. The first kappa shape index (κ1) is 14.6. The van der Waals surface area contributed by atoms with E-state index in [0.29, 0.717) is 10.9 Å². The zero-order chi connectivity index (χ0) is 15.9. The van der Waals surface area contributed by atoms with Gasteiger partial charge in [0.1, 0.15) is 0 Å². The molecule has 0 aliphatic carbocycles. The summed E-state index contributed by atoms with van der Waals surface area (Å²) in [6, 6.07) is 4.79. The van der Waals surface area contributed by atoms with Gasteiger partial charge in [0.2, 0.25) is 5.88 Å². The highest BCUT2D eigenvalue weighted by Gasteiger charge is 2.24. The Bertz CT molecular complexity index is 775. The van der Waals surface area contributed by atoms with Crippen molar-refractivity contribution in [1.29, 1.82) is 0 Å². The number of aromatic nitrogens is 1. The minimum absolute atomic E-state index is 0.0334. The molecule has 2 heterocycles. The summed E-state index contributed by atoms with van der Waals surface area (Å²) < 4.78 is 1.81. The lowest BCUT2D eigenvalue weighted by atomic mass is 10.0. The molecule has 0 fully saturated rings. The van der Waals surface area contributed by atoms with Crippen LogP contribution in [-0.2, 0) is 0 Å². The second-order valence-corrected chi connectivity index (χ2v) is 5.91. The van der Waals surface area contributed by atoms with Crippen molar-refractivity contribution >= 4 is 22.3 Å². The molecule has 0 unspecified atom stereocenters. The predicted octanol–water partition coefficient (Wildman–Crippen LogP) is 3.81. The number of aliphatic imine (C=N–C) groups is 1. The molecule has 116 valence electrons. The smallest absolute Gasteiger partial charge is 0.270 e. The van der Waals surface area contributed by atoms with E-state index < -0.39 is 4.92 Å². The fourth-order valence-electron chi connectivity index (χ4n) is 3.11. The van der Waals surface area contributed by atoms with Crippen molar-refractivity contribution in [3.05, 3.63) is 33.9 Å². The van der Waals surface area contributed by atoms with E-state index in [2.05, 4.69) is 4.99 Å². The van der Waals surface area contributed by atoms with Gasteiger partial charge in [-0.05, 0) is 39.2 Å². The molecule has 1 aliphatic rings. The van der Waals surface area contributed by atoms with Crippen molar-refractivity contribution in [3.63, 3.8) is 0 Å². The highest BCUT2D eigenvalue weighted by molar-refractivity contribution is 6.13. The summed E-state index contributed by atoms with van der Waals surface area (Å²) in [7, 11) is 0. The standard InChI is InChI=1S/C16H19N3O3/c1-10(2)18-14-7-6-11(19(21)22)9-12(14)15(16(18)20)13-5-3-4-8-17-13/h6-7,9-10,20H,3-5,8H2,1-2H3. The third-order valence-corrected chi connectivity index (χ3v) is 4.10. The molecule has 22 heavy (non-hydrogen) atoms. The second kappa shape index (κ2) is 5.44. The van der Waals surface area contributed by atoms with E-state index in [-0.39, 0.29) is 17.6 Å². The Morgan fingerprint density at radius 2 is 2.14 bits per heavy atom. The molecular weight excluding hydrogens is 282 g/mol. The average Bonchev–Trinajstić information content (AvgIpc) is 2.79. The summed E-state index contributed by atoms with van der Waals surface area (Å²) in [4.78, 5) is 15.2. The maximum atomic E-state index is 11.1. The van der Waals surface area contributed by atoms with Crippen LogP contribution in [0, 0.1) is 10.1 Å². The molecule has 6 nitrogen and oxygen atoms in total. The van der Waals surface area contributed by atoms with Crippen LogP contribution in [0.5, 0.6) is 5.88 Å². The van der Waals surface area contributed by atoms with E-state index in [9.17, 15) is 15.2 Å². The number of aromatic hydroxyl groups is 1. The Morgan fingerprint density at radius 3 is 2.73 bits per heavy atom. The number of benzene rings is 1. The van der Waals surface area contributed by atoms with Gasteiger partial charge in [-0.1, -0.05) is 0 Å². The van der Waals surface area contributed by atoms with Crippen LogP contribution >= 0.6 is 0 Å². The Morgan fingerprint density at radius 1 is 1.36 bits per heavy atom. The summed E-state index contributed by atoms with van der Waals surface area (Å²) in [5.41, 5.74) is 2.35. The van der Waals surface area contributed by atoms with E-state index in [1.54, 1.807) is 12.1 Å². The van der Waals surface area contributed by atoms with Crippen molar-refractivity contribution in [2.75, 3.05) is 6.54 Å². The molecule has 0 saturated carbocycles. The van der Waals surface area contributed by atoms with Gasteiger partial charge in [0, 0.05) is 35.8 Å². The van der Waals surface area contributed by atoms with Gasteiger partial charge in [-0.3, -0.25) is 15.1 Å². The summed E-state index contributed by atoms with van der Waals surface area (Å²) >= 11 is 0. The molecule has 0 bridgehead atoms. The normalized spacial score (nSPS) is 15.3. The molecule has 0 spiro atoms. The molecule has 0 amide bonds. The van der Waals surface area contributed by atoms with Crippen molar-refractivity contribution in [2.24, 2.45) is 4.99 Å². The van der Waals surface area contributed by atoms with Gasteiger partial charge in [0.15, 0.2) is 0 Å². The maximum Gasteiger partial charge on any atom is 0.270 e. The molecule has 3 rings (SSSR count). The fraction of sp³-hybridized carbons (Fsp3) is 0.438. The number of hydrogen-bond acceptors (Lipinski definition) is 4. The largest absolute Gasteiger partial charge is 0.494 e. The Kier molecular flexibility index (Phi) is 3.60. The lowest BCUT2D eigenvalue weighted by Crippen LogP contribution is -2.08. The Labute approximate surface area is 128 Å². The van der Waals surface area contributed by atoms with Gasteiger partial charge < -0.3 is 9.67 Å². The highest BCUT2D eigenvalue weighted by Crippen LogP contribution is 2.37. The van der Waals surface area contributed by atoms with Gasteiger partial charge >= 0.3 is 0 Å². The predicted molar refractivity (Wildman–Crippen MR) is 85.9 cm³/mol. The maximum absolute atomic E-state index is 11.1. The third kappa shape index (κ3) is 2.24. The van der Waals surface area contributed by atoms with Crippen LogP contribution in [0.25, 0.3) is 10.9 Å². The SMILES string of the molecule is CC(C)n1c(O)c(C2=NCCCC2)c2cc([N+](=O)[O-])ccc21. The van der Waals surface area contributed by atoms with Crippen LogP contribution in [0.3, 0.4) is 0 Å². The van der Waals surface area contributed by atoms with Gasteiger partial charge in [0.05, 0.1) is 16.0 Å². The molecule has 0 radical (unpaired) electrons. The van der Waals surface area contributed by atoms with Crippen LogP contribution in [0.4, 0.5) is 5.69 Å². The molecule has 6 heteroatoms. The number of non-ortho nitro benzene ring substituents is 1. The summed E-state index contributed by atoms with van der Waals surface area (Å²) in [6.45, 7) is 4.71. The van der Waals surface area contributed by atoms with E-state index >= 15 is 0 Å². The quantitative estimate of drug-likeness (QED) is 0.691. The van der Waals surface area contributed by atoms with Crippen LogP contribution < -0.4 is 0 Å². The first-order valence-corrected chi connectivity index (χ1v) is 7.55. The minimum Gasteiger partial charge on any atom is -0.494 e. The fourth-order valence-corrected chi connectivity index (χ4v) is 3.11.